The van der Waals surface area contributed by atoms with E-state index in [4.69, 9.17) is 16.0 Å². The van der Waals surface area contributed by atoms with Gasteiger partial charge in [-0.1, -0.05) is 11.6 Å². The normalized spacial score (nSPS) is 19.9. The average Bonchev–Trinajstić information content (AvgIpc) is 2.90. The maximum absolute atomic E-state index is 5.87. The highest BCUT2D eigenvalue weighted by Gasteiger charge is 2.19. The summed E-state index contributed by atoms with van der Waals surface area (Å²) in [6.07, 6.45) is 4.21. The molecule has 0 amide bonds. The maximum Gasteiger partial charge on any atom is 0.226 e. The van der Waals surface area contributed by atoms with Gasteiger partial charge in [-0.15, -0.1) is 0 Å². The molecule has 3 rings (SSSR count). The molecule has 0 radical (unpaired) electrons. The van der Waals surface area contributed by atoms with Gasteiger partial charge in [-0.25, -0.2) is 4.98 Å². The maximum atomic E-state index is 5.87. The molecule has 2 heterocycles. The SMILES string of the molecule is Clc1ccc(-c2ncc(C3CCCNC3)o2)cc1. The number of nitrogens with one attached hydrogen (secondary N) is 1. The van der Waals surface area contributed by atoms with Crippen molar-refractivity contribution < 1.29 is 4.42 Å². The molecule has 3 nitrogen and oxygen atoms in total. The third-order valence-corrected chi connectivity index (χ3v) is 3.57. The van der Waals surface area contributed by atoms with Crippen LogP contribution in [-0.2, 0) is 0 Å². The standard InChI is InChI=1S/C14H15ClN2O/c15-12-5-3-10(4-6-12)14-17-9-13(18-14)11-2-1-7-16-8-11/h3-6,9,11,16H,1-2,7-8H2. The fourth-order valence-electron chi connectivity index (χ4n) is 2.30. The number of rotatable bonds is 2. The molecule has 1 unspecified atom stereocenters. The van der Waals surface area contributed by atoms with Crippen molar-refractivity contribution in [1.82, 2.24) is 10.3 Å². The Morgan fingerprint density at radius 2 is 2.11 bits per heavy atom. The van der Waals surface area contributed by atoms with E-state index in [1.54, 1.807) is 0 Å². The molecule has 4 heteroatoms. The molecule has 18 heavy (non-hydrogen) atoms. The van der Waals surface area contributed by atoms with Crippen molar-refractivity contribution in [2.45, 2.75) is 18.8 Å². The predicted octanol–water partition coefficient (Wildman–Crippen LogP) is 3.46. The number of oxazole rings is 1. The smallest absolute Gasteiger partial charge is 0.226 e. The highest BCUT2D eigenvalue weighted by molar-refractivity contribution is 6.30. The topological polar surface area (TPSA) is 38.1 Å². The van der Waals surface area contributed by atoms with Crippen LogP contribution in [0, 0.1) is 0 Å². The molecule has 1 aliphatic rings. The van der Waals surface area contributed by atoms with Crippen LogP contribution in [0.4, 0.5) is 0 Å². The van der Waals surface area contributed by atoms with E-state index in [1.807, 2.05) is 30.5 Å². The average molecular weight is 263 g/mol. The van der Waals surface area contributed by atoms with Crippen LogP contribution in [0.2, 0.25) is 5.02 Å². The zero-order chi connectivity index (χ0) is 12.4. The quantitative estimate of drug-likeness (QED) is 0.901. The summed E-state index contributed by atoms with van der Waals surface area (Å²) in [5, 5.41) is 4.11. The third-order valence-electron chi connectivity index (χ3n) is 3.31. The number of aromatic nitrogens is 1. The van der Waals surface area contributed by atoms with Gasteiger partial charge in [0, 0.05) is 23.0 Å². The van der Waals surface area contributed by atoms with Crippen LogP contribution in [0.5, 0.6) is 0 Å². The fourth-order valence-corrected chi connectivity index (χ4v) is 2.42. The Morgan fingerprint density at radius 3 is 2.83 bits per heavy atom. The van der Waals surface area contributed by atoms with E-state index in [0.29, 0.717) is 11.8 Å². The van der Waals surface area contributed by atoms with E-state index in [1.165, 1.54) is 12.8 Å². The molecular weight excluding hydrogens is 248 g/mol. The van der Waals surface area contributed by atoms with Gasteiger partial charge in [0.15, 0.2) is 0 Å². The van der Waals surface area contributed by atoms with E-state index in [9.17, 15) is 0 Å². The summed E-state index contributed by atoms with van der Waals surface area (Å²) < 4.78 is 5.85. The van der Waals surface area contributed by atoms with Gasteiger partial charge < -0.3 is 9.73 Å². The van der Waals surface area contributed by atoms with Crippen molar-refractivity contribution in [3.8, 4) is 11.5 Å². The molecule has 1 aliphatic heterocycles. The van der Waals surface area contributed by atoms with Crippen molar-refractivity contribution in [3.63, 3.8) is 0 Å². The van der Waals surface area contributed by atoms with Crippen LogP contribution in [-0.4, -0.2) is 18.1 Å². The highest BCUT2D eigenvalue weighted by atomic mass is 35.5. The van der Waals surface area contributed by atoms with Crippen LogP contribution in [0.25, 0.3) is 11.5 Å². The fraction of sp³-hybridized carbons (Fsp3) is 0.357. The largest absolute Gasteiger partial charge is 0.441 e. The number of piperidine rings is 1. The third kappa shape index (κ3) is 2.42. The van der Waals surface area contributed by atoms with Gasteiger partial charge >= 0.3 is 0 Å². The monoisotopic (exact) mass is 262 g/mol. The Hall–Kier alpha value is -1.32. The van der Waals surface area contributed by atoms with Gasteiger partial charge in [0.05, 0.1) is 6.20 Å². The minimum Gasteiger partial charge on any atom is -0.441 e. The minimum absolute atomic E-state index is 0.451. The molecule has 1 aromatic heterocycles. The number of halogens is 1. The molecule has 1 saturated heterocycles. The van der Waals surface area contributed by atoms with E-state index >= 15 is 0 Å². The van der Waals surface area contributed by atoms with Gasteiger partial charge in [-0.05, 0) is 43.7 Å². The first kappa shape index (κ1) is 11.8. The Morgan fingerprint density at radius 1 is 1.28 bits per heavy atom. The van der Waals surface area contributed by atoms with Crippen LogP contribution < -0.4 is 5.32 Å². The van der Waals surface area contributed by atoms with Gasteiger partial charge in [0.25, 0.3) is 0 Å². The lowest BCUT2D eigenvalue weighted by Crippen LogP contribution is -2.28. The lowest BCUT2D eigenvalue weighted by molar-refractivity contribution is 0.392. The van der Waals surface area contributed by atoms with E-state index in [0.717, 1.165) is 29.4 Å². The van der Waals surface area contributed by atoms with Crippen LogP contribution in [0.1, 0.15) is 24.5 Å². The molecule has 2 aromatic rings. The molecule has 1 fully saturated rings. The lowest BCUT2D eigenvalue weighted by Gasteiger charge is -2.20. The lowest BCUT2D eigenvalue weighted by atomic mass is 9.98. The van der Waals surface area contributed by atoms with Crippen molar-refractivity contribution in [2.24, 2.45) is 0 Å². The molecule has 0 bridgehead atoms. The van der Waals surface area contributed by atoms with Crippen LogP contribution >= 0.6 is 11.6 Å². The summed E-state index contributed by atoms with van der Waals surface area (Å²) in [5.74, 6) is 2.10. The summed E-state index contributed by atoms with van der Waals surface area (Å²) >= 11 is 5.87. The van der Waals surface area contributed by atoms with Gasteiger partial charge in [0.1, 0.15) is 5.76 Å². The number of nitrogens with zero attached hydrogens (tertiary/aromatic N) is 1. The first-order valence-corrected chi connectivity index (χ1v) is 6.63. The summed E-state index contributed by atoms with van der Waals surface area (Å²) in [5.41, 5.74) is 0.967. The zero-order valence-corrected chi connectivity index (χ0v) is 10.8. The second kappa shape index (κ2) is 5.12. The molecule has 0 saturated carbocycles. The molecule has 0 spiro atoms. The van der Waals surface area contributed by atoms with Gasteiger partial charge in [-0.2, -0.15) is 0 Å². The first-order valence-electron chi connectivity index (χ1n) is 6.25. The molecule has 1 atom stereocenters. The summed E-state index contributed by atoms with van der Waals surface area (Å²) in [6.45, 7) is 2.09. The van der Waals surface area contributed by atoms with Gasteiger partial charge in [-0.3, -0.25) is 0 Å². The Labute approximate surface area is 111 Å². The Kier molecular flexibility index (Phi) is 3.35. The second-order valence-electron chi connectivity index (χ2n) is 4.62. The van der Waals surface area contributed by atoms with Crippen LogP contribution in [0.15, 0.2) is 34.9 Å². The van der Waals surface area contributed by atoms with Crippen molar-refractivity contribution >= 4 is 11.6 Å². The summed E-state index contributed by atoms with van der Waals surface area (Å²) in [6, 6.07) is 7.56. The molecule has 94 valence electrons. The second-order valence-corrected chi connectivity index (χ2v) is 5.05. The van der Waals surface area contributed by atoms with E-state index in [2.05, 4.69) is 10.3 Å². The molecule has 0 aliphatic carbocycles. The molecular formula is C14H15ClN2O. The van der Waals surface area contributed by atoms with E-state index < -0.39 is 0 Å². The molecule has 1 aromatic carbocycles. The highest BCUT2D eigenvalue weighted by Crippen LogP contribution is 2.28. The van der Waals surface area contributed by atoms with Gasteiger partial charge in [0.2, 0.25) is 5.89 Å². The summed E-state index contributed by atoms with van der Waals surface area (Å²) in [7, 11) is 0. The Balaban J connectivity index is 1.82. The minimum atomic E-state index is 0.451. The van der Waals surface area contributed by atoms with Crippen molar-refractivity contribution in [1.29, 1.82) is 0 Å². The van der Waals surface area contributed by atoms with Crippen LogP contribution in [0.3, 0.4) is 0 Å². The predicted molar refractivity (Wildman–Crippen MR) is 71.8 cm³/mol. The molecule has 1 N–H and O–H groups in total. The number of benzene rings is 1. The summed E-state index contributed by atoms with van der Waals surface area (Å²) in [4.78, 5) is 4.35. The number of hydrogen-bond acceptors (Lipinski definition) is 3. The zero-order valence-electron chi connectivity index (χ0n) is 10.0. The van der Waals surface area contributed by atoms with Crippen molar-refractivity contribution in [2.75, 3.05) is 13.1 Å². The van der Waals surface area contributed by atoms with E-state index in [-0.39, 0.29) is 0 Å². The number of hydrogen-bond donors (Lipinski definition) is 1. The first-order chi connectivity index (χ1) is 8.83. The van der Waals surface area contributed by atoms with Crippen molar-refractivity contribution in [3.05, 3.63) is 41.2 Å². The Bertz CT molecular complexity index is 515.